The lowest BCUT2D eigenvalue weighted by molar-refractivity contribution is -0.139. The molecule has 1 N–H and O–H groups in total. The molecule has 0 aliphatic rings. The zero-order valence-corrected chi connectivity index (χ0v) is 8.95. The van der Waals surface area contributed by atoms with E-state index in [1.807, 2.05) is 6.07 Å². The minimum Gasteiger partial charge on any atom is -0.481 e. The van der Waals surface area contributed by atoms with E-state index in [0.717, 1.165) is 0 Å². The van der Waals surface area contributed by atoms with Crippen molar-refractivity contribution in [3.8, 4) is 6.07 Å². The van der Waals surface area contributed by atoms with Crippen LogP contribution in [0.25, 0.3) is 0 Å². The summed E-state index contributed by atoms with van der Waals surface area (Å²) in [6, 6.07) is 1.86. The van der Waals surface area contributed by atoms with E-state index in [1.165, 1.54) is 0 Å². The number of carboxylic acids is 1. The molecule has 0 aliphatic carbocycles. The molecule has 0 bridgehead atoms. The molecule has 0 amide bonds. The molecule has 0 atom stereocenters. The van der Waals surface area contributed by atoms with E-state index in [-0.39, 0.29) is 19.4 Å². The van der Waals surface area contributed by atoms with Gasteiger partial charge in [0.25, 0.3) is 0 Å². The second-order valence-corrected chi connectivity index (χ2v) is 2.57. The predicted octanol–water partition coefficient (Wildman–Crippen LogP) is 1.50. The Labute approximate surface area is 89.0 Å². The molecule has 15 heavy (non-hydrogen) atoms. The maximum Gasteiger partial charge on any atom is 0.333 e. The molecule has 84 valence electrons. The Bertz CT molecular complexity index is 265. The lowest BCUT2D eigenvalue weighted by Crippen LogP contribution is -2.05. The van der Waals surface area contributed by atoms with Crippen LogP contribution in [-0.2, 0) is 14.3 Å². The predicted molar refractivity (Wildman–Crippen MR) is 53.9 cm³/mol. The van der Waals surface area contributed by atoms with E-state index >= 15 is 0 Å². The first kappa shape index (κ1) is 15.6. The number of esters is 1. The molecule has 5 heteroatoms. The summed E-state index contributed by atoms with van der Waals surface area (Å²) in [4.78, 5) is 20.0. The first-order valence-electron chi connectivity index (χ1n) is 4.37. The number of hydrogen-bond acceptors (Lipinski definition) is 4. The van der Waals surface area contributed by atoms with E-state index in [0.29, 0.717) is 5.57 Å². The van der Waals surface area contributed by atoms with Gasteiger partial charge in [0, 0.05) is 12.0 Å². The fourth-order valence-electron chi connectivity index (χ4n) is 0.313. The number of nitriles is 1. The molecule has 0 unspecified atom stereocenters. The average Bonchev–Trinajstić information content (AvgIpc) is 2.18. The Balaban J connectivity index is 0. The number of carbonyl (C=O) groups excluding carboxylic acids is 1. The molecule has 0 spiro atoms. The monoisotopic (exact) mass is 213 g/mol. The molecule has 5 nitrogen and oxygen atoms in total. The van der Waals surface area contributed by atoms with Crippen LogP contribution in [0.1, 0.15) is 26.7 Å². The van der Waals surface area contributed by atoms with Crippen molar-refractivity contribution in [2.75, 3.05) is 6.61 Å². The van der Waals surface area contributed by atoms with Crippen molar-refractivity contribution < 1.29 is 19.4 Å². The van der Waals surface area contributed by atoms with Gasteiger partial charge < -0.3 is 9.84 Å². The minimum absolute atomic E-state index is 0.155. The third kappa shape index (κ3) is 15.0. The van der Waals surface area contributed by atoms with Gasteiger partial charge in [0.2, 0.25) is 0 Å². The van der Waals surface area contributed by atoms with Crippen molar-refractivity contribution in [1.82, 2.24) is 0 Å². The van der Waals surface area contributed by atoms with Crippen LogP contribution in [-0.4, -0.2) is 23.7 Å². The molecule has 0 aromatic heterocycles. The summed E-state index contributed by atoms with van der Waals surface area (Å²) in [5.74, 6) is -1.18. The number of rotatable bonds is 4. The number of ether oxygens (including phenoxy) is 1. The number of aliphatic carboxylic acids is 1. The standard InChI is InChI=1S/C7H9NO2.C3H6O2/c1-6(2)7(9)10-5-3-4-8;1-2-3(4)5/h1,3,5H2,2H3;2H2,1H3,(H,4,5). The smallest absolute Gasteiger partial charge is 0.333 e. The Morgan fingerprint density at radius 3 is 2.27 bits per heavy atom. The molecule has 0 aromatic carbocycles. The summed E-state index contributed by atoms with van der Waals surface area (Å²) >= 11 is 0. The van der Waals surface area contributed by atoms with Gasteiger partial charge in [-0.25, -0.2) is 4.79 Å². The maximum absolute atomic E-state index is 10.6. The zero-order valence-electron chi connectivity index (χ0n) is 8.95. The summed E-state index contributed by atoms with van der Waals surface area (Å²) in [5, 5.41) is 15.8. The highest BCUT2D eigenvalue weighted by Gasteiger charge is 2.00. The van der Waals surface area contributed by atoms with Crippen molar-refractivity contribution in [2.24, 2.45) is 0 Å². The fraction of sp³-hybridized carbons (Fsp3) is 0.500. The van der Waals surface area contributed by atoms with E-state index in [4.69, 9.17) is 10.4 Å². The van der Waals surface area contributed by atoms with Crippen molar-refractivity contribution in [3.05, 3.63) is 12.2 Å². The van der Waals surface area contributed by atoms with Gasteiger partial charge >= 0.3 is 11.9 Å². The van der Waals surface area contributed by atoms with Crippen molar-refractivity contribution in [3.63, 3.8) is 0 Å². The van der Waals surface area contributed by atoms with Gasteiger partial charge in [0.1, 0.15) is 6.61 Å². The van der Waals surface area contributed by atoms with Crippen LogP contribution in [0, 0.1) is 11.3 Å². The van der Waals surface area contributed by atoms with Crippen molar-refractivity contribution in [2.45, 2.75) is 26.7 Å². The topological polar surface area (TPSA) is 87.4 Å². The Kier molecular flexibility index (Phi) is 10.7. The lowest BCUT2D eigenvalue weighted by atomic mass is 10.4. The van der Waals surface area contributed by atoms with Gasteiger partial charge in [-0.2, -0.15) is 5.26 Å². The quantitative estimate of drug-likeness (QED) is 0.434. The molecule has 0 fully saturated rings. The van der Waals surface area contributed by atoms with Crippen LogP contribution in [0.2, 0.25) is 0 Å². The summed E-state index contributed by atoms with van der Waals surface area (Å²) < 4.78 is 4.58. The average molecular weight is 213 g/mol. The lowest BCUT2D eigenvalue weighted by Gasteiger charge is -1.98. The maximum atomic E-state index is 10.6. The van der Waals surface area contributed by atoms with E-state index in [9.17, 15) is 9.59 Å². The van der Waals surface area contributed by atoms with Crippen molar-refractivity contribution in [1.29, 1.82) is 5.26 Å². The van der Waals surface area contributed by atoms with Crippen LogP contribution < -0.4 is 0 Å². The summed E-state index contributed by atoms with van der Waals surface area (Å²) in [6.45, 7) is 6.70. The fourth-order valence-corrected chi connectivity index (χ4v) is 0.313. The Hall–Kier alpha value is -1.83. The molecule has 0 rings (SSSR count). The first-order valence-corrected chi connectivity index (χ1v) is 4.37. The highest BCUT2D eigenvalue weighted by Crippen LogP contribution is 1.91. The van der Waals surface area contributed by atoms with Crippen LogP contribution >= 0.6 is 0 Å². The molecule has 0 aromatic rings. The van der Waals surface area contributed by atoms with Crippen molar-refractivity contribution >= 4 is 11.9 Å². The molecule has 0 radical (unpaired) electrons. The number of nitrogens with zero attached hydrogens (tertiary/aromatic N) is 1. The van der Waals surface area contributed by atoms with Crippen LogP contribution in [0.15, 0.2) is 12.2 Å². The van der Waals surface area contributed by atoms with Gasteiger partial charge in [0.15, 0.2) is 0 Å². The molecule has 0 saturated heterocycles. The van der Waals surface area contributed by atoms with E-state index in [2.05, 4.69) is 11.3 Å². The normalized spacial score (nSPS) is 7.80. The molecule has 0 aliphatic heterocycles. The first-order chi connectivity index (χ1) is 6.95. The van der Waals surface area contributed by atoms with Gasteiger partial charge in [-0.1, -0.05) is 13.5 Å². The van der Waals surface area contributed by atoms with Gasteiger partial charge in [-0.05, 0) is 6.92 Å². The molecule has 0 saturated carbocycles. The largest absolute Gasteiger partial charge is 0.481 e. The Morgan fingerprint density at radius 2 is 2.00 bits per heavy atom. The SMILES string of the molecule is C=C(C)C(=O)OCCC#N.CCC(=O)O. The second kappa shape index (κ2) is 10.3. The zero-order chi connectivity index (χ0) is 12.3. The molecular weight excluding hydrogens is 198 g/mol. The van der Waals surface area contributed by atoms with Crippen LogP contribution in [0.5, 0.6) is 0 Å². The number of hydrogen-bond donors (Lipinski definition) is 1. The van der Waals surface area contributed by atoms with Crippen LogP contribution in [0.4, 0.5) is 0 Å². The van der Waals surface area contributed by atoms with Crippen LogP contribution in [0.3, 0.4) is 0 Å². The highest BCUT2D eigenvalue weighted by molar-refractivity contribution is 5.86. The summed E-state index contributed by atoms with van der Waals surface area (Å²) in [7, 11) is 0. The van der Waals surface area contributed by atoms with E-state index < -0.39 is 11.9 Å². The number of carboxylic acid groups (broad SMARTS) is 1. The third-order valence-electron chi connectivity index (χ3n) is 1.10. The second-order valence-electron chi connectivity index (χ2n) is 2.57. The molecule has 0 heterocycles. The third-order valence-corrected chi connectivity index (χ3v) is 1.10. The van der Waals surface area contributed by atoms with E-state index in [1.54, 1.807) is 13.8 Å². The number of carbonyl (C=O) groups is 2. The minimum atomic E-state index is -0.745. The Morgan fingerprint density at radius 1 is 1.53 bits per heavy atom. The molecular formula is C10H15NO4. The summed E-state index contributed by atoms with van der Waals surface area (Å²) in [6.07, 6.45) is 0.457. The van der Waals surface area contributed by atoms with Gasteiger partial charge in [-0.3, -0.25) is 4.79 Å². The highest BCUT2D eigenvalue weighted by atomic mass is 16.5. The summed E-state index contributed by atoms with van der Waals surface area (Å²) in [5.41, 5.74) is 0.359. The van der Waals surface area contributed by atoms with Gasteiger partial charge in [-0.15, -0.1) is 0 Å². The van der Waals surface area contributed by atoms with Gasteiger partial charge in [0.05, 0.1) is 12.5 Å².